The third-order valence-electron chi connectivity index (χ3n) is 8.79. The number of hydrogen-bond donors (Lipinski definition) is 0. The van der Waals surface area contributed by atoms with Crippen molar-refractivity contribution in [3.63, 3.8) is 0 Å². The molecule has 3 heteroatoms. The Hall–Kier alpha value is -4.92. The molecule has 2 nitrogen and oxygen atoms in total. The molecule has 2 aliphatic rings. The first kappa shape index (κ1) is 22.9. The van der Waals surface area contributed by atoms with Crippen molar-refractivity contribution >= 4 is 22.7 Å². The lowest BCUT2D eigenvalue weighted by molar-refractivity contribution is 0.620. The van der Waals surface area contributed by atoms with Crippen LogP contribution in [-0.2, 0) is 5.41 Å². The first-order chi connectivity index (χ1) is 20.2. The number of fused-ring (bicyclic) bond motifs is 11. The van der Waals surface area contributed by atoms with Crippen molar-refractivity contribution in [3.05, 3.63) is 161 Å². The summed E-state index contributed by atoms with van der Waals surface area (Å²) in [6.45, 7) is 0. The van der Waals surface area contributed by atoms with Crippen molar-refractivity contribution in [3.8, 4) is 44.8 Å². The Balaban J connectivity index is 1.26. The molecular formula is C38H22ClNO. The SMILES string of the molecule is Clc1cccc(-c2nc3ccc(-c4ccc5c(c4)C4(c6ccccc6-c6ccccc64)c4ccccc4-5)cc3o2)c1. The molecule has 9 rings (SSSR count). The second-order valence-electron chi connectivity index (χ2n) is 10.9. The van der Waals surface area contributed by atoms with Crippen LogP contribution in [0.15, 0.2) is 138 Å². The highest BCUT2D eigenvalue weighted by Gasteiger charge is 2.51. The van der Waals surface area contributed by atoms with Gasteiger partial charge in [0.05, 0.1) is 5.41 Å². The van der Waals surface area contributed by atoms with E-state index in [9.17, 15) is 0 Å². The van der Waals surface area contributed by atoms with E-state index in [1.54, 1.807) is 0 Å². The predicted octanol–water partition coefficient (Wildman–Crippen LogP) is 10.2. The van der Waals surface area contributed by atoms with E-state index in [0.29, 0.717) is 10.9 Å². The van der Waals surface area contributed by atoms with Crippen LogP contribution in [-0.4, -0.2) is 4.98 Å². The maximum absolute atomic E-state index is 6.23. The molecule has 0 atom stereocenters. The number of oxazole rings is 1. The minimum absolute atomic E-state index is 0.356. The summed E-state index contributed by atoms with van der Waals surface area (Å²) >= 11 is 6.22. The molecule has 0 saturated heterocycles. The minimum Gasteiger partial charge on any atom is -0.436 e. The highest BCUT2D eigenvalue weighted by atomic mass is 35.5. The van der Waals surface area contributed by atoms with Crippen molar-refractivity contribution < 1.29 is 4.42 Å². The Kier molecular flexibility index (Phi) is 4.62. The van der Waals surface area contributed by atoms with Gasteiger partial charge in [-0.05, 0) is 92.0 Å². The van der Waals surface area contributed by atoms with Crippen LogP contribution in [0.5, 0.6) is 0 Å². The standard InChI is InChI=1S/C38H22ClNO/c39-26-9-7-8-25(20-26)37-40-35-19-17-24(22-36(35)41-37)23-16-18-30-29-12-3-6-15-33(29)38(34(30)21-23)31-13-4-1-10-27(31)28-11-2-5-14-32(28)38/h1-22H. The number of hydrogen-bond acceptors (Lipinski definition) is 2. The number of aromatic nitrogens is 1. The normalized spacial score (nSPS) is 13.7. The van der Waals surface area contributed by atoms with Crippen LogP contribution in [0.4, 0.5) is 0 Å². The molecule has 0 unspecified atom stereocenters. The third-order valence-corrected chi connectivity index (χ3v) is 9.03. The van der Waals surface area contributed by atoms with Crippen LogP contribution in [0.3, 0.4) is 0 Å². The zero-order chi connectivity index (χ0) is 27.1. The average Bonchev–Trinajstić information content (AvgIpc) is 3.67. The van der Waals surface area contributed by atoms with E-state index in [4.69, 9.17) is 21.0 Å². The molecular weight excluding hydrogens is 522 g/mol. The average molecular weight is 544 g/mol. The molecule has 1 spiro atoms. The van der Waals surface area contributed by atoms with E-state index < -0.39 is 0 Å². The van der Waals surface area contributed by atoms with E-state index in [0.717, 1.165) is 27.8 Å². The topological polar surface area (TPSA) is 26.0 Å². The molecule has 0 amide bonds. The van der Waals surface area contributed by atoms with Gasteiger partial charge >= 0.3 is 0 Å². The second-order valence-corrected chi connectivity index (χ2v) is 11.3. The highest BCUT2D eigenvalue weighted by molar-refractivity contribution is 6.30. The smallest absolute Gasteiger partial charge is 0.227 e. The maximum Gasteiger partial charge on any atom is 0.227 e. The molecule has 1 aromatic heterocycles. The van der Waals surface area contributed by atoms with E-state index in [2.05, 4.69) is 103 Å². The zero-order valence-corrected chi connectivity index (χ0v) is 22.7. The summed E-state index contributed by atoms with van der Waals surface area (Å²) < 4.78 is 6.23. The minimum atomic E-state index is -0.356. The van der Waals surface area contributed by atoms with Gasteiger partial charge in [-0.25, -0.2) is 4.98 Å². The molecule has 6 aromatic carbocycles. The largest absolute Gasteiger partial charge is 0.436 e. The van der Waals surface area contributed by atoms with Gasteiger partial charge in [0.2, 0.25) is 5.89 Å². The van der Waals surface area contributed by atoms with Crippen LogP contribution >= 0.6 is 11.6 Å². The van der Waals surface area contributed by atoms with E-state index in [1.165, 1.54) is 44.5 Å². The highest BCUT2D eigenvalue weighted by Crippen LogP contribution is 2.62. The van der Waals surface area contributed by atoms with Crippen molar-refractivity contribution in [2.24, 2.45) is 0 Å². The summed E-state index contributed by atoms with van der Waals surface area (Å²) in [7, 11) is 0. The molecule has 0 radical (unpaired) electrons. The van der Waals surface area contributed by atoms with Gasteiger partial charge in [-0.3, -0.25) is 0 Å². The van der Waals surface area contributed by atoms with Gasteiger partial charge in [0, 0.05) is 10.6 Å². The Morgan fingerprint density at radius 1 is 0.488 bits per heavy atom. The fraction of sp³-hybridized carbons (Fsp3) is 0.0263. The van der Waals surface area contributed by atoms with Crippen LogP contribution in [0, 0.1) is 0 Å². The summed E-state index contributed by atoms with van der Waals surface area (Å²) in [5, 5.41) is 0.661. The molecule has 7 aromatic rings. The molecule has 2 aliphatic carbocycles. The fourth-order valence-electron chi connectivity index (χ4n) is 7.12. The van der Waals surface area contributed by atoms with Crippen LogP contribution in [0.2, 0.25) is 5.02 Å². The van der Waals surface area contributed by atoms with E-state index >= 15 is 0 Å². The van der Waals surface area contributed by atoms with E-state index in [-0.39, 0.29) is 5.41 Å². The molecule has 0 aliphatic heterocycles. The number of rotatable bonds is 2. The second kappa shape index (κ2) is 8.30. The molecule has 0 bridgehead atoms. The van der Waals surface area contributed by atoms with Gasteiger partial charge in [0.15, 0.2) is 5.58 Å². The molecule has 1 heterocycles. The summed E-state index contributed by atoms with van der Waals surface area (Å²) in [5.41, 5.74) is 14.9. The Morgan fingerprint density at radius 2 is 1.07 bits per heavy atom. The van der Waals surface area contributed by atoms with Gasteiger partial charge in [0.25, 0.3) is 0 Å². The molecule has 41 heavy (non-hydrogen) atoms. The van der Waals surface area contributed by atoms with Gasteiger partial charge in [-0.2, -0.15) is 0 Å². The Bertz CT molecular complexity index is 2130. The molecule has 192 valence electrons. The lowest BCUT2D eigenvalue weighted by Crippen LogP contribution is -2.25. The van der Waals surface area contributed by atoms with Crippen molar-refractivity contribution in [1.82, 2.24) is 4.98 Å². The Labute approximate surface area is 242 Å². The summed E-state index contributed by atoms with van der Waals surface area (Å²) in [5.74, 6) is 0.571. The summed E-state index contributed by atoms with van der Waals surface area (Å²) in [4.78, 5) is 4.73. The number of nitrogens with zero attached hydrogens (tertiary/aromatic N) is 1. The molecule has 0 saturated carbocycles. The zero-order valence-electron chi connectivity index (χ0n) is 21.9. The van der Waals surface area contributed by atoms with Crippen LogP contribution in [0.25, 0.3) is 55.9 Å². The predicted molar refractivity (Wildman–Crippen MR) is 166 cm³/mol. The fourth-order valence-corrected chi connectivity index (χ4v) is 7.31. The van der Waals surface area contributed by atoms with Gasteiger partial charge in [-0.1, -0.05) is 109 Å². The number of benzene rings is 6. The monoisotopic (exact) mass is 543 g/mol. The lowest BCUT2D eigenvalue weighted by Gasteiger charge is -2.30. The Morgan fingerprint density at radius 3 is 1.73 bits per heavy atom. The van der Waals surface area contributed by atoms with Crippen molar-refractivity contribution in [1.29, 1.82) is 0 Å². The quantitative estimate of drug-likeness (QED) is 0.217. The van der Waals surface area contributed by atoms with Gasteiger partial charge < -0.3 is 4.42 Å². The van der Waals surface area contributed by atoms with E-state index in [1.807, 2.05) is 30.3 Å². The molecule has 0 N–H and O–H groups in total. The van der Waals surface area contributed by atoms with Crippen molar-refractivity contribution in [2.45, 2.75) is 5.41 Å². The first-order valence-electron chi connectivity index (χ1n) is 13.8. The lowest BCUT2D eigenvalue weighted by atomic mass is 9.70. The maximum atomic E-state index is 6.23. The summed E-state index contributed by atoms with van der Waals surface area (Å²) in [6.07, 6.45) is 0. The van der Waals surface area contributed by atoms with Gasteiger partial charge in [0.1, 0.15) is 5.52 Å². The van der Waals surface area contributed by atoms with Crippen molar-refractivity contribution in [2.75, 3.05) is 0 Å². The van der Waals surface area contributed by atoms with Crippen LogP contribution < -0.4 is 0 Å². The third kappa shape index (κ3) is 3.06. The molecule has 0 fully saturated rings. The van der Waals surface area contributed by atoms with Crippen LogP contribution in [0.1, 0.15) is 22.3 Å². The summed E-state index contributed by atoms with van der Waals surface area (Å²) in [6, 6.07) is 47.5. The van der Waals surface area contributed by atoms with Gasteiger partial charge in [-0.15, -0.1) is 0 Å². The number of halogens is 1. The first-order valence-corrected chi connectivity index (χ1v) is 14.2.